The Kier molecular flexibility index (Phi) is 4.24. The number of aldehydes is 1. The van der Waals surface area contributed by atoms with Crippen LogP contribution >= 0.6 is 0 Å². The van der Waals surface area contributed by atoms with E-state index in [9.17, 15) is 4.79 Å². The number of ether oxygens (including phenoxy) is 1. The first-order valence-electron chi connectivity index (χ1n) is 8.00. The van der Waals surface area contributed by atoms with Gasteiger partial charge in [-0.15, -0.1) is 0 Å². The van der Waals surface area contributed by atoms with Gasteiger partial charge in [0.15, 0.2) is 6.29 Å². The molecule has 0 N–H and O–H groups in total. The van der Waals surface area contributed by atoms with Crippen LogP contribution in [0.2, 0.25) is 0 Å². The Morgan fingerprint density at radius 1 is 0.917 bits per heavy atom. The van der Waals surface area contributed by atoms with Gasteiger partial charge in [0.05, 0.1) is 16.8 Å². The molecule has 0 aromatic heterocycles. The van der Waals surface area contributed by atoms with Crippen LogP contribution in [0.1, 0.15) is 38.1 Å². The molecule has 0 atom stereocenters. The van der Waals surface area contributed by atoms with Crippen molar-refractivity contribution in [3.05, 3.63) is 54.1 Å². The van der Waals surface area contributed by atoms with Crippen LogP contribution in [0.3, 0.4) is 0 Å². The van der Waals surface area contributed by atoms with E-state index in [1.165, 1.54) is 0 Å². The highest BCUT2D eigenvalue weighted by Gasteiger charge is 2.51. The van der Waals surface area contributed by atoms with Gasteiger partial charge in [-0.2, -0.15) is 0 Å². The van der Waals surface area contributed by atoms with E-state index in [1.807, 2.05) is 58.0 Å². The van der Waals surface area contributed by atoms with Crippen molar-refractivity contribution < 1.29 is 18.8 Å². The molecule has 0 amide bonds. The minimum absolute atomic E-state index is 0.365. The molecule has 4 nitrogen and oxygen atoms in total. The maximum Gasteiger partial charge on any atom is 0.494 e. The summed E-state index contributed by atoms with van der Waals surface area (Å²) >= 11 is 0. The summed E-state index contributed by atoms with van der Waals surface area (Å²) in [6.07, 6.45) is 0.786. The number of hydrogen-bond acceptors (Lipinski definition) is 4. The van der Waals surface area contributed by atoms with Crippen molar-refractivity contribution >= 4 is 18.9 Å². The maximum absolute atomic E-state index is 11.1. The molecule has 0 bridgehead atoms. The molecule has 1 aliphatic heterocycles. The highest BCUT2D eigenvalue weighted by Crippen LogP contribution is 2.36. The summed E-state index contributed by atoms with van der Waals surface area (Å²) in [5, 5.41) is 0. The highest BCUT2D eigenvalue weighted by molar-refractivity contribution is 6.62. The summed E-state index contributed by atoms with van der Waals surface area (Å²) in [7, 11) is -0.397. The van der Waals surface area contributed by atoms with Crippen LogP contribution < -0.4 is 10.2 Å². The molecule has 1 saturated heterocycles. The highest BCUT2D eigenvalue weighted by atomic mass is 16.7. The van der Waals surface area contributed by atoms with E-state index < -0.39 is 7.12 Å². The molecule has 2 aromatic carbocycles. The summed E-state index contributed by atoms with van der Waals surface area (Å²) in [5.74, 6) is 1.19. The van der Waals surface area contributed by atoms with Crippen molar-refractivity contribution in [3.8, 4) is 11.5 Å². The van der Waals surface area contributed by atoms with Gasteiger partial charge < -0.3 is 14.0 Å². The Bertz CT molecular complexity index is 721. The van der Waals surface area contributed by atoms with E-state index >= 15 is 0 Å². The monoisotopic (exact) mass is 324 g/mol. The van der Waals surface area contributed by atoms with E-state index in [1.54, 1.807) is 18.2 Å². The average Bonchev–Trinajstić information content (AvgIpc) is 2.77. The van der Waals surface area contributed by atoms with Gasteiger partial charge in [0.25, 0.3) is 0 Å². The predicted octanol–water partition coefficient (Wildman–Crippen LogP) is 3.59. The number of benzene rings is 2. The Balaban J connectivity index is 1.76. The van der Waals surface area contributed by atoms with Gasteiger partial charge in [-0.3, -0.25) is 4.79 Å². The molecule has 1 heterocycles. The zero-order chi connectivity index (χ0) is 17.4. The van der Waals surface area contributed by atoms with Crippen LogP contribution in [-0.2, 0) is 9.31 Å². The first-order valence-corrected chi connectivity index (χ1v) is 8.00. The first-order chi connectivity index (χ1) is 11.3. The Labute approximate surface area is 142 Å². The molecule has 0 unspecified atom stereocenters. The van der Waals surface area contributed by atoms with Gasteiger partial charge in [0, 0.05) is 0 Å². The lowest BCUT2D eigenvalue weighted by Gasteiger charge is -2.32. The second-order valence-corrected chi connectivity index (χ2v) is 6.92. The lowest BCUT2D eigenvalue weighted by molar-refractivity contribution is 0.00578. The van der Waals surface area contributed by atoms with Crippen LogP contribution in [0.15, 0.2) is 48.5 Å². The molecule has 1 aliphatic rings. The largest absolute Gasteiger partial charge is 0.494 e. The fourth-order valence-electron chi connectivity index (χ4n) is 2.47. The third kappa shape index (κ3) is 3.10. The molecule has 24 heavy (non-hydrogen) atoms. The van der Waals surface area contributed by atoms with Gasteiger partial charge in [0.1, 0.15) is 11.5 Å². The average molecular weight is 324 g/mol. The number of carbonyl (C=O) groups is 1. The molecule has 3 rings (SSSR count). The number of rotatable bonds is 4. The molecule has 5 heteroatoms. The van der Waals surface area contributed by atoms with Crippen LogP contribution in [0.4, 0.5) is 0 Å². The van der Waals surface area contributed by atoms with Crippen LogP contribution in [-0.4, -0.2) is 24.6 Å². The van der Waals surface area contributed by atoms with Crippen molar-refractivity contribution in [2.75, 3.05) is 0 Å². The quantitative estimate of drug-likeness (QED) is 0.637. The van der Waals surface area contributed by atoms with Crippen LogP contribution in [0.5, 0.6) is 11.5 Å². The zero-order valence-corrected chi connectivity index (χ0v) is 14.4. The van der Waals surface area contributed by atoms with Crippen LogP contribution in [0.25, 0.3) is 0 Å². The second kappa shape index (κ2) is 6.08. The summed E-state index contributed by atoms with van der Waals surface area (Å²) in [5.41, 5.74) is 0.725. The van der Waals surface area contributed by atoms with E-state index in [-0.39, 0.29) is 11.2 Å². The van der Waals surface area contributed by atoms with E-state index in [0.29, 0.717) is 17.1 Å². The van der Waals surface area contributed by atoms with Crippen molar-refractivity contribution in [1.29, 1.82) is 0 Å². The standard InChI is InChI=1S/C19H21BO4/c1-18(2)19(3,4)24-20(23-18)15-9-11-16(12-10-15)22-17-8-6-5-7-14(17)13-21/h5-13H,1-4H3. The summed E-state index contributed by atoms with van der Waals surface area (Å²) in [4.78, 5) is 11.1. The summed E-state index contributed by atoms with van der Waals surface area (Å²) in [6.45, 7) is 8.11. The fraction of sp³-hybridized carbons (Fsp3) is 0.316. The number of para-hydroxylation sites is 1. The minimum atomic E-state index is -0.397. The summed E-state index contributed by atoms with van der Waals surface area (Å²) < 4.78 is 17.9. The smallest absolute Gasteiger partial charge is 0.457 e. The predicted molar refractivity (Wildman–Crippen MR) is 94.1 cm³/mol. The molecule has 0 aliphatic carbocycles. The lowest BCUT2D eigenvalue weighted by atomic mass is 9.79. The molecule has 2 aromatic rings. The zero-order valence-electron chi connectivity index (χ0n) is 14.4. The van der Waals surface area contributed by atoms with Gasteiger partial charge in [-0.05, 0) is 57.4 Å². The molecular formula is C19H21BO4. The van der Waals surface area contributed by atoms with Crippen molar-refractivity contribution in [3.63, 3.8) is 0 Å². The maximum atomic E-state index is 11.1. The molecule has 0 saturated carbocycles. The normalized spacial score (nSPS) is 18.4. The third-order valence-electron chi connectivity index (χ3n) is 4.68. The lowest BCUT2D eigenvalue weighted by Crippen LogP contribution is -2.41. The first kappa shape index (κ1) is 16.7. The van der Waals surface area contributed by atoms with E-state index in [2.05, 4.69) is 0 Å². The SMILES string of the molecule is CC1(C)OB(c2ccc(Oc3ccccc3C=O)cc2)OC1(C)C. The minimum Gasteiger partial charge on any atom is -0.457 e. The third-order valence-corrected chi connectivity index (χ3v) is 4.68. The Hall–Kier alpha value is -2.11. The molecule has 124 valence electrons. The van der Waals surface area contributed by atoms with Gasteiger partial charge in [0.2, 0.25) is 0 Å². The van der Waals surface area contributed by atoms with Crippen molar-refractivity contribution in [2.45, 2.75) is 38.9 Å². The number of hydrogen-bond donors (Lipinski definition) is 0. The Morgan fingerprint density at radius 3 is 2.08 bits per heavy atom. The number of carbonyl (C=O) groups excluding carboxylic acids is 1. The molecule has 1 fully saturated rings. The van der Waals surface area contributed by atoms with Gasteiger partial charge >= 0.3 is 7.12 Å². The van der Waals surface area contributed by atoms with Gasteiger partial charge in [-0.25, -0.2) is 0 Å². The topological polar surface area (TPSA) is 44.8 Å². The van der Waals surface area contributed by atoms with E-state index in [4.69, 9.17) is 14.0 Å². The Morgan fingerprint density at radius 2 is 1.50 bits per heavy atom. The molecular weight excluding hydrogens is 303 g/mol. The van der Waals surface area contributed by atoms with E-state index in [0.717, 1.165) is 11.7 Å². The summed E-state index contributed by atoms with van der Waals surface area (Å²) in [6, 6.07) is 14.7. The fourth-order valence-corrected chi connectivity index (χ4v) is 2.47. The molecule has 0 radical (unpaired) electrons. The second-order valence-electron chi connectivity index (χ2n) is 6.92. The molecule has 0 spiro atoms. The van der Waals surface area contributed by atoms with Crippen LogP contribution in [0, 0.1) is 0 Å². The van der Waals surface area contributed by atoms with Crippen molar-refractivity contribution in [1.82, 2.24) is 0 Å². The van der Waals surface area contributed by atoms with Crippen molar-refractivity contribution in [2.24, 2.45) is 0 Å². The van der Waals surface area contributed by atoms with Gasteiger partial charge in [-0.1, -0.05) is 24.3 Å².